The first-order valence-electron chi connectivity index (χ1n) is 16.0. The molecule has 3 amide bonds. The normalized spacial score (nSPS) is 25.4. The fraction of sp³-hybridized carbons (Fsp3) is 0.706. The number of aromatic carboxylic acids is 1. The number of hydrogen-bond donors (Lipinski definition) is 1. The van der Waals surface area contributed by atoms with Gasteiger partial charge in [-0.2, -0.15) is 0 Å². The van der Waals surface area contributed by atoms with E-state index in [1.807, 2.05) is 48.5 Å². The lowest BCUT2D eigenvalue weighted by molar-refractivity contribution is -0.124. The van der Waals surface area contributed by atoms with E-state index in [2.05, 4.69) is 18.8 Å². The number of rotatable bonds is 5. The zero-order chi connectivity index (χ0) is 33.3. The summed E-state index contributed by atoms with van der Waals surface area (Å²) in [5.41, 5.74) is -1.41. The van der Waals surface area contributed by atoms with Crippen molar-refractivity contribution in [3.8, 4) is 11.8 Å². The van der Waals surface area contributed by atoms with Crippen molar-refractivity contribution in [2.24, 2.45) is 17.3 Å². The van der Waals surface area contributed by atoms with Gasteiger partial charge in [0.2, 0.25) is 5.91 Å². The SMILES string of the molecule is CC(C)(C)C#Cc1cc(N(C(=O)[C@H]2CC[C@H](C)CC2)[C@H]2CCN(C(=O)OC3(C)CCN(C(=O)OC(C)(C)C)C3)C2)c(C(=O)O)s1. The van der Waals surface area contributed by atoms with Crippen molar-refractivity contribution in [1.82, 2.24) is 9.80 Å². The molecule has 1 aromatic heterocycles. The summed E-state index contributed by atoms with van der Waals surface area (Å²) in [7, 11) is 0. The van der Waals surface area contributed by atoms with Gasteiger partial charge in [0.05, 0.1) is 23.2 Å². The highest BCUT2D eigenvalue weighted by atomic mass is 32.1. The highest BCUT2D eigenvalue weighted by Crippen LogP contribution is 2.38. The quantitative estimate of drug-likeness (QED) is 0.359. The zero-order valence-electron chi connectivity index (χ0n) is 28.0. The van der Waals surface area contributed by atoms with E-state index in [-0.39, 0.29) is 35.2 Å². The van der Waals surface area contributed by atoms with E-state index in [1.54, 1.807) is 20.8 Å². The van der Waals surface area contributed by atoms with Crippen LogP contribution in [0.2, 0.25) is 0 Å². The van der Waals surface area contributed by atoms with Crippen LogP contribution in [0.4, 0.5) is 15.3 Å². The van der Waals surface area contributed by atoms with Crippen LogP contribution >= 0.6 is 11.3 Å². The summed E-state index contributed by atoms with van der Waals surface area (Å²) >= 11 is 1.08. The van der Waals surface area contributed by atoms with Gasteiger partial charge in [-0.25, -0.2) is 14.4 Å². The largest absolute Gasteiger partial charge is 0.477 e. The van der Waals surface area contributed by atoms with E-state index < -0.39 is 35.4 Å². The molecule has 4 rings (SSSR count). The molecule has 0 radical (unpaired) electrons. The molecule has 11 heteroatoms. The number of ether oxygens (including phenoxy) is 2. The van der Waals surface area contributed by atoms with E-state index in [4.69, 9.17) is 9.47 Å². The number of carboxylic acid groups (broad SMARTS) is 1. The van der Waals surface area contributed by atoms with E-state index in [0.717, 1.165) is 37.0 Å². The van der Waals surface area contributed by atoms with Gasteiger partial charge in [0.15, 0.2) is 0 Å². The molecule has 3 fully saturated rings. The molecular formula is C34H49N3O7S. The third kappa shape index (κ3) is 8.93. The van der Waals surface area contributed by atoms with Crippen LogP contribution in [0, 0.1) is 29.1 Å². The Labute approximate surface area is 271 Å². The molecule has 45 heavy (non-hydrogen) atoms. The lowest BCUT2D eigenvalue weighted by Crippen LogP contribution is -2.47. The van der Waals surface area contributed by atoms with Crippen LogP contribution in [0.25, 0.3) is 0 Å². The first-order chi connectivity index (χ1) is 20.8. The molecule has 1 aromatic rings. The van der Waals surface area contributed by atoms with Gasteiger partial charge in [-0.05, 0) is 92.6 Å². The van der Waals surface area contributed by atoms with Crippen molar-refractivity contribution in [3.05, 3.63) is 15.8 Å². The van der Waals surface area contributed by atoms with Crippen molar-refractivity contribution < 1.29 is 33.8 Å². The Morgan fingerprint density at radius 1 is 1.00 bits per heavy atom. The molecule has 0 aromatic carbocycles. The highest BCUT2D eigenvalue weighted by Gasteiger charge is 2.44. The minimum atomic E-state index is -1.10. The van der Waals surface area contributed by atoms with Crippen molar-refractivity contribution >= 4 is 41.1 Å². The van der Waals surface area contributed by atoms with Crippen LogP contribution in [0.5, 0.6) is 0 Å². The Morgan fingerprint density at radius 3 is 2.27 bits per heavy atom. The standard InChI is InChI=1S/C34H49N3O7S/c1-22-9-11-23(12-10-22)28(38)37(26-19-25(13-15-32(2,3)4)45-27(26)29(39)40)24-14-17-35(20-24)30(41)44-34(8)16-18-36(21-34)31(42)43-33(5,6)7/h19,22-24H,9-12,14,16-18,20-21H2,1-8H3,(H,39,40)/t22-,23-,24-,34?/m0/s1. The molecule has 248 valence electrons. The number of hydrogen-bond acceptors (Lipinski definition) is 7. The van der Waals surface area contributed by atoms with Gasteiger partial charge < -0.3 is 29.3 Å². The Kier molecular flexibility index (Phi) is 10.2. The molecule has 0 bridgehead atoms. The highest BCUT2D eigenvalue weighted by molar-refractivity contribution is 7.15. The summed E-state index contributed by atoms with van der Waals surface area (Å²) in [6.07, 6.45) is 3.43. The summed E-state index contributed by atoms with van der Waals surface area (Å²) in [5, 5.41) is 10.2. The van der Waals surface area contributed by atoms with E-state index >= 15 is 0 Å². The van der Waals surface area contributed by atoms with Crippen LogP contribution in [0.15, 0.2) is 6.07 Å². The lowest BCUT2D eigenvalue weighted by Gasteiger charge is -2.35. The van der Waals surface area contributed by atoms with Crippen LogP contribution in [-0.2, 0) is 14.3 Å². The number of amides is 3. The molecule has 2 aliphatic heterocycles. The van der Waals surface area contributed by atoms with Gasteiger partial charge >= 0.3 is 18.2 Å². The maximum Gasteiger partial charge on any atom is 0.410 e. The molecule has 10 nitrogen and oxygen atoms in total. The first kappa shape index (κ1) is 34.6. The number of carbonyl (C=O) groups excluding carboxylic acids is 3. The topological polar surface area (TPSA) is 117 Å². The summed E-state index contributed by atoms with van der Waals surface area (Å²) in [5.74, 6) is 5.43. The Balaban J connectivity index is 1.54. The van der Waals surface area contributed by atoms with Gasteiger partial charge in [0.1, 0.15) is 16.1 Å². The van der Waals surface area contributed by atoms with Crippen molar-refractivity contribution in [2.45, 2.75) is 111 Å². The molecule has 1 saturated carbocycles. The second-order valence-corrected chi connectivity index (χ2v) is 16.2. The van der Waals surface area contributed by atoms with E-state index in [9.17, 15) is 24.3 Å². The van der Waals surface area contributed by atoms with Gasteiger partial charge in [-0.1, -0.05) is 18.8 Å². The Hall–Kier alpha value is -3.26. The first-order valence-corrected chi connectivity index (χ1v) is 16.8. The average Bonchev–Trinajstić information content (AvgIpc) is 3.66. The fourth-order valence-corrected chi connectivity index (χ4v) is 6.96. The summed E-state index contributed by atoms with van der Waals surface area (Å²) in [4.78, 5) is 58.2. The molecule has 2 atom stereocenters. The van der Waals surface area contributed by atoms with Gasteiger partial charge in [-0.15, -0.1) is 11.3 Å². The molecule has 1 N–H and O–H groups in total. The minimum Gasteiger partial charge on any atom is -0.477 e. The maximum atomic E-state index is 14.2. The van der Waals surface area contributed by atoms with Crippen molar-refractivity contribution in [3.63, 3.8) is 0 Å². The molecular weight excluding hydrogens is 594 g/mol. The predicted octanol–water partition coefficient (Wildman–Crippen LogP) is 6.61. The molecule has 3 aliphatic rings. The maximum absolute atomic E-state index is 14.2. The number of anilines is 1. The van der Waals surface area contributed by atoms with Gasteiger partial charge in [0, 0.05) is 37.4 Å². The number of likely N-dealkylation sites (tertiary alicyclic amines) is 2. The van der Waals surface area contributed by atoms with Crippen LogP contribution in [0.1, 0.15) is 108 Å². The number of carbonyl (C=O) groups is 4. The second-order valence-electron chi connectivity index (χ2n) is 15.2. The summed E-state index contributed by atoms with van der Waals surface area (Å²) in [6, 6.07) is 1.32. The lowest BCUT2D eigenvalue weighted by atomic mass is 9.82. The second kappa shape index (κ2) is 13.2. The third-order valence-electron chi connectivity index (χ3n) is 8.54. The van der Waals surface area contributed by atoms with Crippen molar-refractivity contribution in [1.29, 1.82) is 0 Å². The van der Waals surface area contributed by atoms with E-state index in [1.165, 1.54) is 0 Å². The van der Waals surface area contributed by atoms with Crippen LogP contribution in [0.3, 0.4) is 0 Å². The molecule has 2 saturated heterocycles. The zero-order valence-corrected chi connectivity index (χ0v) is 28.8. The Bertz CT molecular complexity index is 1360. The third-order valence-corrected chi connectivity index (χ3v) is 9.57. The van der Waals surface area contributed by atoms with Crippen LogP contribution in [-0.4, -0.2) is 82.4 Å². The smallest absolute Gasteiger partial charge is 0.410 e. The van der Waals surface area contributed by atoms with Gasteiger partial charge in [-0.3, -0.25) is 4.79 Å². The van der Waals surface area contributed by atoms with Gasteiger partial charge in [0.25, 0.3) is 0 Å². The number of carboxylic acids is 1. The number of nitrogens with zero attached hydrogens (tertiary/aromatic N) is 3. The summed E-state index contributed by atoms with van der Waals surface area (Å²) in [6.45, 7) is 16.6. The molecule has 1 unspecified atom stereocenters. The van der Waals surface area contributed by atoms with Crippen LogP contribution < -0.4 is 4.90 Å². The fourth-order valence-electron chi connectivity index (χ4n) is 6.12. The molecule has 0 spiro atoms. The Morgan fingerprint density at radius 2 is 1.67 bits per heavy atom. The minimum absolute atomic E-state index is 0.0764. The average molecular weight is 644 g/mol. The van der Waals surface area contributed by atoms with E-state index in [0.29, 0.717) is 42.4 Å². The van der Waals surface area contributed by atoms with Crippen molar-refractivity contribution in [2.75, 3.05) is 31.1 Å². The molecule has 3 heterocycles. The summed E-state index contributed by atoms with van der Waals surface area (Å²) < 4.78 is 11.5. The number of thiophene rings is 1. The molecule has 1 aliphatic carbocycles. The predicted molar refractivity (Wildman–Crippen MR) is 174 cm³/mol. The monoisotopic (exact) mass is 643 g/mol.